The van der Waals surface area contributed by atoms with Crippen molar-refractivity contribution < 1.29 is 4.21 Å². The molecule has 0 N–H and O–H groups in total. The van der Waals surface area contributed by atoms with Crippen molar-refractivity contribution in [1.82, 2.24) is 4.31 Å². The van der Waals surface area contributed by atoms with E-state index in [2.05, 4.69) is 88.4 Å². The van der Waals surface area contributed by atoms with Crippen LogP contribution in [0.3, 0.4) is 0 Å². The summed E-state index contributed by atoms with van der Waals surface area (Å²) in [5.41, 5.74) is 6.94. The fourth-order valence-electron chi connectivity index (χ4n) is 6.64. The smallest absolute Gasteiger partial charge is 0.100 e. The van der Waals surface area contributed by atoms with Gasteiger partial charge < -0.3 is 0 Å². The van der Waals surface area contributed by atoms with Gasteiger partial charge >= 0.3 is 0 Å². The summed E-state index contributed by atoms with van der Waals surface area (Å²) in [6.45, 7) is 10.7. The van der Waals surface area contributed by atoms with E-state index in [1.165, 1.54) is 86.5 Å². The van der Waals surface area contributed by atoms with E-state index in [1.807, 2.05) is 0 Å². The Morgan fingerprint density at radius 2 is 1.33 bits per heavy atom. The topological polar surface area (TPSA) is 20.3 Å². The van der Waals surface area contributed by atoms with E-state index in [0.29, 0.717) is 0 Å². The Morgan fingerprint density at radius 1 is 0.833 bits per heavy atom. The first kappa shape index (κ1) is 28.0. The van der Waals surface area contributed by atoms with Gasteiger partial charge in [-0.3, -0.25) is 0 Å². The minimum atomic E-state index is -1.12. The Kier molecular flexibility index (Phi) is 9.51. The number of hydrogen-bond donors (Lipinski definition) is 0. The summed E-state index contributed by atoms with van der Waals surface area (Å²) in [6.07, 6.45) is 14.0. The maximum absolute atomic E-state index is 13.8. The molecule has 0 amide bonds. The first-order chi connectivity index (χ1) is 17.2. The molecule has 2 aliphatic carbocycles. The van der Waals surface area contributed by atoms with Crippen LogP contribution >= 0.6 is 7.92 Å². The molecule has 0 saturated heterocycles. The Bertz CT molecular complexity index is 994. The van der Waals surface area contributed by atoms with Crippen molar-refractivity contribution in [3.05, 3.63) is 64.7 Å². The monoisotopic (exact) mass is 525 g/mol. The summed E-state index contributed by atoms with van der Waals surface area (Å²) in [6, 6.07) is 16.2. The van der Waals surface area contributed by atoms with Crippen LogP contribution in [0.25, 0.3) is 0 Å². The summed E-state index contributed by atoms with van der Waals surface area (Å²) in [5, 5.41) is 1.60. The second-order valence-electron chi connectivity index (χ2n) is 12.3. The number of nitrogens with zero attached hydrogens (tertiary/aromatic N) is 1. The average molecular weight is 526 g/mol. The van der Waals surface area contributed by atoms with E-state index in [0.717, 1.165) is 11.3 Å². The molecule has 0 aromatic heterocycles. The van der Waals surface area contributed by atoms with E-state index in [-0.39, 0.29) is 18.7 Å². The first-order valence-electron chi connectivity index (χ1n) is 14.3. The SMILES string of the molecule is Cc1cc(C)cc([C@H](c2ccccc2P(C2CCCCC2)C2CCCCC2)N(C)S(=O)C(C)(C)C)c1. The third-order valence-corrected chi connectivity index (χ3v) is 13.5. The van der Waals surface area contributed by atoms with Crippen LogP contribution in [0.4, 0.5) is 0 Å². The van der Waals surface area contributed by atoms with Gasteiger partial charge in [0.2, 0.25) is 0 Å². The van der Waals surface area contributed by atoms with Gasteiger partial charge in [-0.2, -0.15) is 0 Å². The van der Waals surface area contributed by atoms with Crippen molar-refractivity contribution in [2.24, 2.45) is 0 Å². The first-order valence-corrected chi connectivity index (χ1v) is 16.9. The molecule has 0 bridgehead atoms. The highest BCUT2D eigenvalue weighted by Crippen LogP contribution is 2.56. The van der Waals surface area contributed by atoms with Gasteiger partial charge in [-0.1, -0.05) is 100 Å². The van der Waals surface area contributed by atoms with Crippen molar-refractivity contribution in [3.8, 4) is 0 Å². The molecule has 2 nitrogen and oxygen atoms in total. The summed E-state index contributed by atoms with van der Waals surface area (Å²) in [7, 11) is 0.722. The Morgan fingerprint density at radius 3 is 1.83 bits per heavy atom. The van der Waals surface area contributed by atoms with Gasteiger partial charge in [0, 0.05) is 7.05 Å². The lowest BCUT2D eigenvalue weighted by molar-refractivity contribution is 0.440. The molecular formula is C32H48NOPS. The summed E-state index contributed by atoms with van der Waals surface area (Å²) < 4.78 is 15.7. The van der Waals surface area contributed by atoms with Crippen molar-refractivity contribution in [3.63, 3.8) is 0 Å². The average Bonchev–Trinajstić information content (AvgIpc) is 2.85. The van der Waals surface area contributed by atoms with Crippen LogP contribution in [0, 0.1) is 13.8 Å². The predicted octanol–water partition coefficient (Wildman–Crippen LogP) is 8.56. The molecule has 0 spiro atoms. The molecule has 2 atom stereocenters. The third-order valence-electron chi connectivity index (χ3n) is 8.15. The zero-order valence-corrected chi connectivity index (χ0v) is 25.3. The van der Waals surface area contributed by atoms with E-state index in [1.54, 1.807) is 5.30 Å². The van der Waals surface area contributed by atoms with Gasteiger partial charge in [-0.15, -0.1) is 0 Å². The normalized spacial score (nSPS) is 20.1. The molecule has 2 saturated carbocycles. The van der Waals surface area contributed by atoms with Crippen molar-refractivity contribution in [1.29, 1.82) is 0 Å². The highest BCUT2D eigenvalue weighted by Gasteiger charge is 2.37. The molecule has 2 aromatic carbocycles. The fourth-order valence-corrected chi connectivity index (χ4v) is 11.9. The number of hydrogen-bond acceptors (Lipinski definition) is 1. The van der Waals surface area contributed by atoms with Gasteiger partial charge in [-0.25, -0.2) is 8.51 Å². The summed E-state index contributed by atoms with van der Waals surface area (Å²) in [5.74, 6) is 0. The van der Waals surface area contributed by atoms with Crippen LogP contribution in [0.15, 0.2) is 42.5 Å². The largest absolute Gasteiger partial charge is 0.242 e. The van der Waals surface area contributed by atoms with E-state index >= 15 is 0 Å². The van der Waals surface area contributed by atoms with E-state index in [9.17, 15) is 4.21 Å². The van der Waals surface area contributed by atoms with Crippen LogP contribution < -0.4 is 5.30 Å². The summed E-state index contributed by atoms with van der Waals surface area (Å²) >= 11 is 0. The number of rotatable bonds is 7. The number of benzene rings is 2. The standard InChI is InChI=1S/C32H48NOPS/c1-24-21-25(2)23-26(22-24)31(33(6)36(34)32(3,4)5)29-19-13-14-20-30(29)35(27-15-9-7-10-16-27)28-17-11-8-12-18-28/h13-14,19-23,27-28,31H,7-12,15-18H2,1-6H3/t31-,36?/m1/s1. The van der Waals surface area contributed by atoms with Crippen LogP contribution in [0.5, 0.6) is 0 Å². The van der Waals surface area contributed by atoms with Gasteiger partial charge in [0.15, 0.2) is 0 Å². The van der Waals surface area contributed by atoms with Gasteiger partial charge in [0.1, 0.15) is 11.0 Å². The minimum Gasteiger partial charge on any atom is -0.242 e. The zero-order valence-electron chi connectivity index (χ0n) is 23.6. The quantitative estimate of drug-likeness (QED) is 0.332. The van der Waals surface area contributed by atoms with E-state index in [4.69, 9.17) is 0 Å². The molecule has 198 valence electrons. The second kappa shape index (κ2) is 12.2. The summed E-state index contributed by atoms with van der Waals surface area (Å²) in [4.78, 5) is 0. The fraction of sp³-hybridized carbons (Fsp3) is 0.625. The molecule has 36 heavy (non-hydrogen) atoms. The molecule has 0 aliphatic heterocycles. The maximum atomic E-state index is 13.8. The lowest BCUT2D eigenvalue weighted by atomic mass is 9.95. The van der Waals surface area contributed by atoms with Crippen LogP contribution in [-0.2, 0) is 11.0 Å². The van der Waals surface area contributed by atoms with Crippen molar-refractivity contribution in [2.45, 2.75) is 121 Å². The van der Waals surface area contributed by atoms with Gasteiger partial charge in [0.05, 0.1) is 10.8 Å². The highest BCUT2D eigenvalue weighted by atomic mass is 32.2. The molecular weight excluding hydrogens is 477 g/mol. The Hall–Kier alpha value is -1.02. The van der Waals surface area contributed by atoms with Gasteiger partial charge in [0.25, 0.3) is 0 Å². The Balaban J connectivity index is 1.87. The van der Waals surface area contributed by atoms with Crippen molar-refractivity contribution >= 4 is 24.2 Å². The number of aryl methyl sites for hydroxylation is 2. The zero-order chi connectivity index (χ0) is 25.9. The molecule has 0 radical (unpaired) electrons. The van der Waals surface area contributed by atoms with E-state index < -0.39 is 11.0 Å². The maximum Gasteiger partial charge on any atom is 0.100 e. The molecule has 4 rings (SSSR count). The predicted molar refractivity (Wildman–Crippen MR) is 160 cm³/mol. The van der Waals surface area contributed by atoms with Crippen LogP contribution in [0.2, 0.25) is 0 Å². The van der Waals surface area contributed by atoms with Crippen molar-refractivity contribution in [2.75, 3.05) is 7.05 Å². The molecule has 2 aliphatic rings. The highest BCUT2D eigenvalue weighted by molar-refractivity contribution is 7.84. The minimum absolute atomic E-state index is 0.00274. The van der Waals surface area contributed by atoms with Crippen LogP contribution in [0.1, 0.15) is 113 Å². The lowest BCUT2D eigenvalue weighted by Gasteiger charge is -2.41. The molecule has 4 heteroatoms. The molecule has 0 heterocycles. The Labute approximate surface area is 225 Å². The van der Waals surface area contributed by atoms with Gasteiger partial charge in [-0.05, 0) is 88.1 Å². The van der Waals surface area contributed by atoms with Crippen LogP contribution in [-0.4, -0.2) is 31.6 Å². The molecule has 1 unspecified atom stereocenters. The molecule has 2 aromatic rings. The lowest BCUT2D eigenvalue weighted by Crippen LogP contribution is -2.39. The third kappa shape index (κ3) is 6.51. The second-order valence-corrected chi connectivity index (χ2v) is 17.3. The molecule has 2 fully saturated rings.